The molecule has 2 nitrogen and oxygen atoms in total. The molecule has 1 atom stereocenters. The van der Waals surface area contributed by atoms with Gasteiger partial charge in [0, 0.05) is 28.9 Å². The van der Waals surface area contributed by atoms with E-state index in [-0.39, 0.29) is 0 Å². The molecule has 0 bridgehead atoms. The number of nitrogens with zero attached hydrogens (tertiary/aromatic N) is 1. The van der Waals surface area contributed by atoms with Crippen LogP contribution in [0.15, 0.2) is 35.2 Å². The van der Waals surface area contributed by atoms with Gasteiger partial charge in [0.2, 0.25) is 0 Å². The van der Waals surface area contributed by atoms with Crippen molar-refractivity contribution >= 4 is 22.9 Å². The Morgan fingerprint density at radius 1 is 1.32 bits per heavy atom. The van der Waals surface area contributed by atoms with Crippen LogP contribution in [-0.2, 0) is 6.42 Å². The molecule has 0 amide bonds. The minimum Gasteiger partial charge on any atom is -0.314 e. The molecule has 0 spiro atoms. The third-order valence-corrected chi connectivity index (χ3v) is 4.04. The van der Waals surface area contributed by atoms with Crippen molar-refractivity contribution in [2.24, 2.45) is 0 Å². The normalized spacial score (nSPS) is 12.8. The molecule has 19 heavy (non-hydrogen) atoms. The van der Waals surface area contributed by atoms with Gasteiger partial charge < -0.3 is 5.32 Å². The molecule has 102 valence electrons. The molecule has 4 heteroatoms. The maximum Gasteiger partial charge on any atom is 0.0794 e. The summed E-state index contributed by atoms with van der Waals surface area (Å²) < 4.78 is 0. The van der Waals surface area contributed by atoms with E-state index >= 15 is 0 Å². The van der Waals surface area contributed by atoms with Crippen LogP contribution < -0.4 is 5.32 Å². The maximum atomic E-state index is 6.33. The molecule has 2 aromatic rings. The highest BCUT2D eigenvalue weighted by atomic mass is 35.5. The van der Waals surface area contributed by atoms with Crippen LogP contribution in [0.25, 0.3) is 0 Å². The standard InChI is InChI=1S/C15H19ClN2S/c1-11(2)17-8-12(7-13-9-19-10-18-13)14-5-3-4-6-15(14)16/h3-6,9-12,17H,7-8H2,1-2H3. The van der Waals surface area contributed by atoms with E-state index in [9.17, 15) is 0 Å². The second-order valence-electron chi connectivity index (χ2n) is 4.97. The summed E-state index contributed by atoms with van der Waals surface area (Å²) in [6.07, 6.45) is 0.924. The molecule has 1 aromatic heterocycles. The average molecular weight is 295 g/mol. The van der Waals surface area contributed by atoms with E-state index in [1.54, 1.807) is 11.3 Å². The molecule has 1 N–H and O–H groups in total. The lowest BCUT2D eigenvalue weighted by atomic mass is 9.94. The molecule has 0 radical (unpaired) electrons. The van der Waals surface area contributed by atoms with Gasteiger partial charge in [-0.2, -0.15) is 0 Å². The van der Waals surface area contributed by atoms with E-state index in [4.69, 9.17) is 11.6 Å². The number of nitrogens with one attached hydrogen (secondary N) is 1. The van der Waals surface area contributed by atoms with Gasteiger partial charge in [-0.05, 0) is 18.1 Å². The first kappa shape index (κ1) is 14.5. The second-order valence-corrected chi connectivity index (χ2v) is 6.09. The molecule has 1 unspecified atom stereocenters. The van der Waals surface area contributed by atoms with Gasteiger partial charge in [0.25, 0.3) is 0 Å². The number of aromatic nitrogens is 1. The van der Waals surface area contributed by atoms with Crippen LogP contribution >= 0.6 is 22.9 Å². The molecule has 1 aromatic carbocycles. The smallest absolute Gasteiger partial charge is 0.0794 e. The molecule has 0 aliphatic rings. The highest BCUT2D eigenvalue weighted by Gasteiger charge is 2.16. The minimum atomic E-state index is 0.359. The lowest BCUT2D eigenvalue weighted by molar-refractivity contribution is 0.524. The summed E-state index contributed by atoms with van der Waals surface area (Å²) in [6, 6.07) is 8.56. The van der Waals surface area contributed by atoms with Crippen LogP contribution in [0.4, 0.5) is 0 Å². The fourth-order valence-corrected chi connectivity index (χ4v) is 2.93. The van der Waals surface area contributed by atoms with E-state index in [2.05, 4.69) is 35.6 Å². The van der Waals surface area contributed by atoms with Crippen molar-refractivity contribution in [3.8, 4) is 0 Å². The monoisotopic (exact) mass is 294 g/mol. The highest BCUT2D eigenvalue weighted by molar-refractivity contribution is 7.07. The highest BCUT2D eigenvalue weighted by Crippen LogP contribution is 2.27. The summed E-state index contributed by atoms with van der Waals surface area (Å²) in [6.45, 7) is 5.23. The molecule has 0 saturated carbocycles. The fourth-order valence-electron chi connectivity index (χ4n) is 2.07. The van der Waals surface area contributed by atoms with Crippen LogP contribution in [0, 0.1) is 0 Å². The van der Waals surface area contributed by atoms with Crippen molar-refractivity contribution in [3.05, 3.63) is 51.4 Å². The van der Waals surface area contributed by atoms with Gasteiger partial charge >= 0.3 is 0 Å². The zero-order valence-electron chi connectivity index (χ0n) is 11.3. The molecule has 0 fully saturated rings. The Balaban J connectivity index is 2.16. The maximum absolute atomic E-state index is 6.33. The first-order chi connectivity index (χ1) is 9.16. The molecule has 0 aliphatic carbocycles. The van der Waals surface area contributed by atoms with Crippen molar-refractivity contribution in [2.75, 3.05) is 6.54 Å². The van der Waals surface area contributed by atoms with Crippen LogP contribution in [0.5, 0.6) is 0 Å². The van der Waals surface area contributed by atoms with Crippen molar-refractivity contribution in [1.82, 2.24) is 10.3 Å². The van der Waals surface area contributed by atoms with Crippen molar-refractivity contribution in [3.63, 3.8) is 0 Å². The Labute approximate surface area is 123 Å². The number of rotatable bonds is 6. The van der Waals surface area contributed by atoms with Gasteiger partial charge in [0.05, 0.1) is 11.2 Å². The first-order valence-corrected chi connectivity index (χ1v) is 7.83. The number of hydrogen-bond donors (Lipinski definition) is 1. The lowest BCUT2D eigenvalue weighted by Crippen LogP contribution is -2.29. The van der Waals surface area contributed by atoms with Gasteiger partial charge in [-0.15, -0.1) is 11.3 Å². The van der Waals surface area contributed by atoms with E-state index in [1.165, 1.54) is 5.56 Å². The Bertz CT molecular complexity index is 497. The minimum absolute atomic E-state index is 0.359. The van der Waals surface area contributed by atoms with Gasteiger partial charge in [0.1, 0.15) is 0 Å². The van der Waals surface area contributed by atoms with Gasteiger partial charge in [-0.1, -0.05) is 43.6 Å². The molecule has 0 aliphatic heterocycles. The number of thiazole rings is 1. The number of hydrogen-bond acceptors (Lipinski definition) is 3. The van der Waals surface area contributed by atoms with E-state index in [0.717, 1.165) is 23.7 Å². The van der Waals surface area contributed by atoms with Crippen molar-refractivity contribution in [2.45, 2.75) is 32.2 Å². The number of benzene rings is 1. The lowest BCUT2D eigenvalue weighted by Gasteiger charge is -2.20. The van der Waals surface area contributed by atoms with Gasteiger partial charge in [-0.25, -0.2) is 4.98 Å². The molecule has 2 rings (SSSR count). The fraction of sp³-hybridized carbons (Fsp3) is 0.400. The molecule has 0 saturated heterocycles. The van der Waals surface area contributed by atoms with Crippen molar-refractivity contribution in [1.29, 1.82) is 0 Å². The van der Waals surface area contributed by atoms with E-state index < -0.39 is 0 Å². The predicted octanol–water partition coefficient (Wildman–Crippen LogP) is 4.12. The topological polar surface area (TPSA) is 24.9 Å². The Morgan fingerprint density at radius 3 is 2.74 bits per heavy atom. The van der Waals surface area contributed by atoms with Crippen LogP contribution in [0.2, 0.25) is 5.02 Å². The van der Waals surface area contributed by atoms with Gasteiger partial charge in [0.15, 0.2) is 0 Å². The Morgan fingerprint density at radius 2 is 2.11 bits per heavy atom. The zero-order valence-corrected chi connectivity index (χ0v) is 12.8. The third kappa shape index (κ3) is 4.30. The summed E-state index contributed by atoms with van der Waals surface area (Å²) >= 11 is 7.97. The molecule has 1 heterocycles. The number of halogens is 1. The van der Waals surface area contributed by atoms with E-state index in [1.807, 2.05) is 23.7 Å². The summed E-state index contributed by atoms with van der Waals surface area (Å²) in [5, 5.41) is 6.45. The average Bonchev–Trinajstić information content (AvgIpc) is 2.88. The third-order valence-electron chi connectivity index (χ3n) is 3.06. The summed E-state index contributed by atoms with van der Waals surface area (Å²) in [7, 11) is 0. The Hall–Kier alpha value is -0.900. The predicted molar refractivity (Wildman–Crippen MR) is 83.1 cm³/mol. The summed E-state index contributed by atoms with van der Waals surface area (Å²) in [5.74, 6) is 0.359. The first-order valence-electron chi connectivity index (χ1n) is 6.51. The molecular weight excluding hydrogens is 276 g/mol. The van der Waals surface area contributed by atoms with E-state index in [0.29, 0.717) is 12.0 Å². The molecular formula is C15H19ClN2S. The van der Waals surface area contributed by atoms with Crippen LogP contribution in [-0.4, -0.2) is 17.6 Å². The van der Waals surface area contributed by atoms with Gasteiger partial charge in [-0.3, -0.25) is 0 Å². The van der Waals surface area contributed by atoms with Crippen LogP contribution in [0.3, 0.4) is 0 Å². The quantitative estimate of drug-likeness (QED) is 0.867. The summed E-state index contributed by atoms with van der Waals surface area (Å²) in [5.41, 5.74) is 4.22. The van der Waals surface area contributed by atoms with Crippen molar-refractivity contribution < 1.29 is 0 Å². The Kier molecular flexibility index (Phi) is 5.37. The largest absolute Gasteiger partial charge is 0.314 e. The summed E-state index contributed by atoms with van der Waals surface area (Å²) in [4.78, 5) is 4.39. The second kappa shape index (κ2) is 7.04. The van der Waals surface area contributed by atoms with Crippen LogP contribution in [0.1, 0.15) is 31.0 Å². The SMILES string of the molecule is CC(C)NCC(Cc1cscn1)c1ccccc1Cl. The zero-order chi connectivity index (χ0) is 13.7.